The van der Waals surface area contributed by atoms with Crippen LogP contribution < -0.4 is 16.2 Å². The van der Waals surface area contributed by atoms with Crippen LogP contribution in [-0.4, -0.2) is 17.3 Å². The maximum atomic E-state index is 14.0. The summed E-state index contributed by atoms with van der Waals surface area (Å²) in [4.78, 5) is 11.7. The van der Waals surface area contributed by atoms with Gasteiger partial charge in [0.1, 0.15) is 5.75 Å². The second kappa shape index (κ2) is 10.4. The van der Waals surface area contributed by atoms with Crippen molar-refractivity contribution in [2.75, 3.05) is 7.11 Å². The van der Waals surface area contributed by atoms with Crippen LogP contribution in [-0.2, 0) is 0 Å². The Morgan fingerprint density at radius 2 is 2.03 bits per heavy atom. The number of aryl methyl sites for hydroxylation is 1. The van der Waals surface area contributed by atoms with Crippen LogP contribution in [0.15, 0.2) is 42.8 Å². The number of methoxy groups -OCH3 is 1. The number of aromatic amines is 1. The number of hydrogen-bond donors (Lipinski definition) is 3. The summed E-state index contributed by atoms with van der Waals surface area (Å²) < 4.78 is 37.7. The number of nitrogens with one attached hydrogen (secondary N) is 1. The van der Waals surface area contributed by atoms with Crippen LogP contribution >= 0.6 is 40.2 Å². The first-order valence-electron chi connectivity index (χ1n) is 8.54. The second-order valence-corrected chi connectivity index (χ2v) is 8.01. The molecule has 0 saturated heterocycles. The number of ether oxygens (including phenoxy) is 1. The van der Waals surface area contributed by atoms with Gasteiger partial charge < -0.3 is 14.9 Å². The van der Waals surface area contributed by atoms with E-state index in [-0.39, 0.29) is 11.5 Å². The molecule has 3 aromatic rings. The van der Waals surface area contributed by atoms with Crippen LogP contribution in [0.4, 0.5) is 8.78 Å². The van der Waals surface area contributed by atoms with Gasteiger partial charge in [-0.2, -0.15) is 0 Å². The first-order chi connectivity index (χ1) is 14.1. The van der Waals surface area contributed by atoms with E-state index in [2.05, 4.69) is 38.8 Å². The average Bonchev–Trinajstić information content (AvgIpc) is 3.14. The molecule has 30 heavy (non-hydrogen) atoms. The van der Waals surface area contributed by atoms with Gasteiger partial charge in [0, 0.05) is 25.9 Å². The molecule has 1 aromatic heterocycles. The minimum atomic E-state index is -0.983. The van der Waals surface area contributed by atoms with Crippen LogP contribution in [0.1, 0.15) is 35.9 Å². The monoisotopic (exact) mass is 521 g/mol. The van der Waals surface area contributed by atoms with E-state index in [1.165, 1.54) is 0 Å². The van der Waals surface area contributed by atoms with Gasteiger partial charge in [-0.25, -0.2) is 18.7 Å². The fourth-order valence-electron chi connectivity index (χ4n) is 2.58. The second-order valence-electron chi connectivity index (χ2n) is 6.30. The van der Waals surface area contributed by atoms with Gasteiger partial charge in [-0.05, 0) is 36.8 Å². The lowest BCUT2D eigenvalue weighted by Gasteiger charge is -2.20. The quantitative estimate of drug-likeness (QED) is 0.325. The molecule has 0 bridgehead atoms. The summed E-state index contributed by atoms with van der Waals surface area (Å²) in [5.41, 5.74) is 6.52. The smallest absolute Gasteiger partial charge is 0.434 e. The summed E-state index contributed by atoms with van der Waals surface area (Å²) in [5.74, 6) is -2.69. The van der Waals surface area contributed by atoms with Gasteiger partial charge >= 0.3 is 5.76 Å². The largest absolute Gasteiger partial charge is 0.496 e. The van der Waals surface area contributed by atoms with Crippen molar-refractivity contribution in [3.05, 3.63) is 73.0 Å². The number of halogens is 4. The minimum absolute atomic E-state index is 0.0595. The Morgan fingerprint density at radius 3 is 2.57 bits per heavy atom. The van der Waals surface area contributed by atoms with Gasteiger partial charge in [0.2, 0.25) is 5.89 Å². The molecule has 0 aliphatic rings. The number of nitrogens with two attached hydrogens (primary N) is 1. The van der Waals surface area contributed by atoms with Crippen LogP contribution in [0.2, 0.25) is 5.02 Å². The molecule has 0 fully saturated rings. The Bertz CT molecular complexity index is 1070. The highest BCUT2D eigenvalue weighted by atomic mass is 79.9. The minimum Gasteiger partial charge on any atom is -0.496 e. The van der Waals surface area contributed by atoms with Crippen molar-refractivity contribution in [2.24, 2.45) is 5.73 Å². The van der Waals surface area contributed by atoms with Crippen molar-refractivity contribution < 1.29 is 17.9 Å². The third-order valence-corrected chi connectivity index (χ3v) is 5.90. The number of rotatable bonds is 4. The molecule has 6 nitrogen and oxygen atoms in total. The zero-order valence-corrected chi connectivity index (χ0v) is 19.4. The van der Waals surface area contributed by atoms with Crippen molar-refractivity contribution in [2.45, 2.75) is 30.7 Å². The fraction of sp³-hybridized carbons (Fsp3) is 0.263. The summed E-state index contributed by atoms with van der Waals surface area (Å²) in [6, 6.07) is 5.50. The first kappa shape index (κ1) is 24.4. The van der Waals surface area contributed by atoms with E-state index in [0.717, 1.165) is 11.0 Å². The normalized spacial score (nSPS) is 12.7. The molecule has 3 N–H and O–H groups in total. The third kappa shape index (κ3) is 5.63. The standard InChI is InChI=1S/C12H12BrF2N3O2.C7H7ClOS/c1-4-3-6(14)9(15)7(8(4)13)5(2)10(16)11-17-18-12(19)20-11;1-9-6-4-5(8)2-3-7(6)10/h3,5,10H,16H2,1-2H3,(H,18,19);2-4,10H,1H3. The van der Waals surface area contributed by atoms with Crippen LogP contribution in [0.25, 0.3) is 0 Å². The van der Waals surface area contributed by atoms with E-state index in [1.54, 1.807) is 39.2 Å². The van der Waals surface area contributed by atoms with E-state index in [9.17, 15) is 13.6 Å². The Morgan fingerprint density at radius 1 is 1.37 bits per heavy atom. The Hall–Kier alpha value is -1.88. The molecular formula is C19H19BrClF2N3O3S. The van der Waals surface area contributed by atoms with E-state index in [1.807, 2.05) is 0 Å². The third-order valence-electron chi connectivity index (χ3n) is 4.25. The molecule has 2 aromatic carbocycles. The highest BCUT2D eigenvalue weighted by Crippen LogP contribution is 2.37. The molecule has 2 unspecified atom stereocenters. The fourth-order valence-corrected chi connectivity index (χ4v) is 3.62. The molecule has 0 spiro atoms. The van der Waals surface area contributed by atoms with E-state index >= 15 is 0 Å². The summed E-state index contributed by atoms with van der Waals surface area (Å²) in [5, 5.41) is 6.34. The van der Waals surface area contributed by atoms with Crippen molar-refractivity contribution in [3.63, 3.8) is 0 Å². The number of benzene rings is 2. The van der Waals surface area contributed by atoms with Crippen molar-refractivity contribution in [1.82, 2.24) is 10.2 Å². The molecular weight excluding hydrogens is 504 g/mol. The molecule has 0 amide bonds. The van der Waals surface area contributed by atoms with Crippen LogP contribution in [0.3, 0.4) is 0 Å². The number of H-pyrrole nitrogens is 1. The van der Waals surface area contributed by atoms with E-state index in [4.69, 9.17) is 26.5 Å². The average molecular weight is 523 g/mol. The lowest BCUT2D eigenvalue weighted by molar-refractivity contribution is 0.392. The number of thiol groups is 1. The van der Waals surface area contributed by atoms with Gasteiger partial charge in [-0.3, -0.25) is 0 Å². The number of nitrogens with zero attached hydrogens (tertiary/aromatic N) is 1. The molecule has 0 aliphatic carbocycles. The summed E-state index contributed by atoms with van der Waals surface area (Å²) in [6.45, 7) is 3.24. The Labute approximate surface area is 190 Å². The molecule has 0 radical (unpaired) electrons. The predicted molar refractivity (Wildman–Crippen MR) is 117 cm³/mol. The van der Waals surface area contributed by atoms with E-state index in [0.29, 0.717) is 20.8 Å². The van der Waals surface area contributed by atoms with E-state index < -0.39 is 29.4 Å². The lowest BCUT2D eigenvalue weighted by Crippen LogP contribution is -2.20. The van der Waals surface area contributed by atoms with Gasteiger partial charge in [0.25, 0.3) is 0 Å². The summed E-state index contributed by atoms with van der Waals surface area (Å²) in [7, 11) is 1.59. The molecule has 162 valence electrons. The van der Waals surface area contributed by atoms with Crippen LogP contribution in [0.5, 0.6) is 5.75 Å². The van der Waals surface area contributed by atoms with Crippen molar-refractivity contribution in [1.29, 1.82) is 0 Å². The SMILES string of the molecule is COc1cc(Cl)ccc1S.Cc1cc(F)c(F)c(C(C)C(N)c2n[nH]c(=O)o2)c1Br. The first-order valence-corrected chi connectivity index (χ1v) is 10.2. The molecule has 0 aliphatic heterocycles. The van der Waals surface area contributed by atoms with Gasteiger partial charge in [0.15, 0.2) is 11.6 Å². The molecule has 2 atom stereocenters. The lowest BCUT2D eigenvalue weighted by atomic mass is 9.92. The Balaban J connectivity index is 0.000000269. The summed E-state index contributed by atoms with van der Waals surface area (Å²) >= 11 is 13.1. The molecule has 11 heteroatoms. The van der Waals surface area contributed by atoms with Gasteiger partial charge in [0.05, 0.1) is 13.2 Å². The Kier molecular flexibility index (Phi) is 8.48. The molecule has 3 rings (SSSR count). The molecule has 0 saturated carbocycles. The summed E-state index contributed by atoms with van der Waals surface area (Å²) in [6.07, 6.45) is 0. The highest BCUT2D eigenvalue weighted by Gasteiger charge is 2.28. The number of aromatic nitrogens is 2. The van der Waals surface area contributed by atoms with Gasteiger partial charge in [-0.15, -0.1) is 17.7 Å². The van der Waals surface area contributed by atoms with Crippen LogP contribution in [0, 0.1) is 18.6 Å². The maximum Gasteiger partial charge on any atom is 0.434 e. The number of hydrogen-bond acceptors (Lipinski definition) is 6. The predicted octanol–water partition coefficient (Wildman–Crippen LogP) is 5.15. The molecule has 1 heterocycles. The maximum absolute atomic E-state index is 14.0. The zero-order valence-electron chi connectivity index (χ0n) is 16.2. The highest BCUT2D eigenvalue weighted by molar-refractivity contribution is 9.10. The van der Waals surface area contributed by atoms with Crippen molar-refractivity contribution in [3.8, 4) is 5.75 Å². The zero-order chi connectivity index (χ0) is 22.6. The van der Waals surface area contributed by atoms with Gasteiger partial charge in [-0.1, -0.05) is 34.5 Å². The topological polar surface area (TPSA) is 94.1 Å². The van der Waals surface area contributed by atoms with Crippen molar-refractivity contribution >= 4 is 40.2 Å².